The molecule has 0 spiro atoms. The molecule has 2 aromatic rings. The largest absolute Gasteiger partial charge is 0.496 e. The number of carbonyl (C=O) groups is 1. The van der Waals surface area contributed by atoms with E-state index in [4.69, 9.17) is 26.8 Å². The van der Waals surface area contributed by atoms with E-state index in [9.17, 15) is 4.79 Å². The van der Waals surface area contributed by atoms with Gasteiger partial charge in [-0.3, -0.25) is 9.69 Å². The van der Waals surface area contributed by atoms with E-state index in [2.05, 4.69) is 22.3 Å². The van der Waals surface area contributed by atoms with Gasteiger partial charge in [0.1, 0.15) is 5.75 Å². The molecule has 1 amide bonds. The molecule has 6 nitrogen and oxygen atoms in total. The van der Waals surface area contributed by atoms with Crippen LogP contribution in [0.5, 0.6) is 5.75 Å². The van der Waals surface area contributed by atoms with Crippen molar-refractivity contribution in [1.82, 2.24) is 10.2 Å². The smallest absolute Gasteiger partial charge is 0.255 e. The van der Waals surface area contributed by atoms with Gasteiger partial charge in [0.25, 0.3) is 5.91 Å². The number of methoxy groups -OCH3 is 1. The molecule has 0 radical (unpaired) electrons. The molecular weight excluding hydrogens is 366 g/mol. The maximum absolute atomic E-state index is 12.5. The zero-order valence-corrected chi connectivity index (χ0v) is 16.0. The Morgan fingerprint density at radius 1 is 1.37 bits per heavy atom. The predicted octanol–water partition coefficient (Wildman–Crippen LogP) is 2.56. The van der Waals surface area contributed by atoms with Crippen molar-refractivity contribution < 1.29 is 14.3 Å². The summed E-state index contributed by atoms with van der Waals surface area (Å²) in [5.41, 5.74) is 7.76. The summed E-state index contributed by atoms with van der Waals surface area (Å²) >= 11 is 6.04. The van der Waals surface area contributed by atoms with Crippen LogP contribution in [0.2, 0.25) is 5.02 Å². The summed E-state index contributed by atoms with van der Waals surface area (Å²) in [6, 6.07) is 13.4. The van der Waals surface area contributed by atoms with Crippen molar-refractivity contribution in [3.8, 4) is 5.75 Å². The maximum atomic E-state index is 12.5. The van der Waals surface area contributed by atoms with Gasteiger partial charge in [-0.25, -0.2) is 0 Å². The summed E-state index contributed by atoms with van der Waals surface area (Å²) in [7, 11) is 1.49. The molecule has 1 aliphatic rings. The molecule has 3 N–H and O–H groups in total. The Labute approximate surface area is 164 Å². The van der Waals surface area contributed by atoms with E-state index in [1.165, 1.54) is 18.7 Å². The van der Waals surface area contributed by atoms with Crippen LogP contribution in [0.4, 0.5) is 5.69 Å². The van der Waals surface area contributed by atoms with E-state index in [0.717, 1.165) is 19.6 Å². The molecule has 1 saturated heterocycles. The van der Waals surface area contributed by atoms with Crippen LogP contribution in [-0.2, 0) is 11.3 Å². The van der Waals surface area contributed by atoms with E-state index >= 15 is 0 Å². The van der Waals surface area contributed by atoms with Gasteiger partial charge >= 0.3 is 0 Å². The third kappa shape index (κ3) is 5.13. The lowest BCUT2D eigenvalue weighted by molar-refractivity contribution is -0.0292. The highest BCUT2D eigenvalue weighted by Gasteiger charge is 2.22. The number of nitrogens with zero attached hydrogens (tertiary/aromatic N) is 1. The van der Waals surface area contributed by atoms with Gasteiger partial charge in [0, 0.05) is 32.2 Å². The minimum absolute atomic E-state index is 0.0679. The molecule has 0 aliphatic carbocycles. The molecule has 0 aromatic heterocycles. The molecule has 7 heteroatoms. The zero-order chi connectivity index (χ0) is 19.2. The molecule has 1 unspecified atom stereocenters. The Hall–Kier alpha value is -2.28. The van der Waals surface area contributed by atoms with Gasteiger partial charge in [0.2, 0.25) is 0 Å². The number of hydrogen-bond donors (Lipinski definition) is 2. The van der Waals surface area contributed by atoms with Crippen LogP contribution >= 0.6 is 11.6 Å². The van der Waals surface area contributed by atoms with E-state index < -0.39 is 0 Å². The number of nitrogen functional groups attached to an aromatic ring is 1. The molecule has 1 atom stereocenters. The van der Waals surface area contributed by atoms with Crippen molar-refractivity contribution in [2.75, 3.05) is 39.1 Å². The third-order valence-corrected chi connectivity index (χ3v) is 4.85. The molecule has 1 heterocycles. The van der Waals surface area contributed by atoms with Gasteiger partial charge in [-0.1, -0.05) is 41.9 Å². The fourth-order valence-corrected chi connectivity index (χ4v) is 3.27. The van der Waals surface area contributed by atoms with Crippen molar-refractivity contribution in [2.45, 2.75) is 12.6 Å². The van der Waals surface area contributed by atoms with Crippen LogP contribution in [0, 0.1) is 0 Å². The zero-order valence-electron chi connectivity index (χ0n) is 15.3. The Morgan fingerprint density at radius 2 is 2.15 bits per heavy atom. The first-order valence-corrected chi connectivity index (χ1v) is 9.23. The summed E-state index contributed by atoms with van der Waals surface area (Å²) < 4.78 is 11.0. The molecule has 0 saturated carbocycles. The second-order valence-electron chi connectivity index (χ2n) is 6.50. The normalized spacial score (nSPS) is 17.5. The first-order valence-electron chi connectivity index (χ1n) is 8.86. The molecule has 1 aliphatic heterocycles. The van der Waals surface area contributed by atoms with E-state index in [1.807, 2.05) is 18.2 Å². The van der Waals surface area contributed by atoms with E-state index in [-0.39, 0.29) is 12.0 Å². The highest BCUT2D eigenvalue weighted by Crippen LogP contribution is 2.28. The topological polar surface area (TPSA) is 76.8 Å². The Balaban J connectivity index is 1.56. The highest BCUT2D eigenvalue weighted by molar-refractivity contribution is 6.33. The van der Waals surface area contributed by atoms with Crippen LogP contribution in [0.25, 0.3) is 0 Å². The highest BCUT2D eigenvalue weighted by atomic mass is 35.5. The lowest BCUT2D eigenvalue weighted by Gasteiger charge is -2.33. The number of anilines is 1. The second kappa shape index (κ2) is 9.08. The van der Waals surface area contributed by atoms with E-state index in [0.29, 0.717) is 35.2 Å². The van der Waals surface area contributed by atoms with Gasteiger partial charge in [0.15, 0.2) is 0 Å². The number of rotatable bonds is 6. The predicted molar refractivity (Wildman–Crippen MR) is 106 cm³/mol. The minimum Gasteiger partial charge on any atom is -0.496 e. The Bertz CT molecular complexity index is 786. The van der Waals surface area contributed by atoms with Crippen LogP contribution in [0.3, 0.4) is 0 Å². The number of nitrogens with one attached hydrogen (secondary N) is 1. The summed E-state index contributed by atoms with van der Waals surface area (Å²) in [5.74, 6) is 0.127. The lowest BCUT2D eigenvalue weighted by Crippen LogP contribution is -2.47. The number of carbonyl (C=O) groups excluding carboxylic acids is 1. The van der Waals surface area contributed by atoms with Crippen molar-refractivity contribution in [2.24, 2.45) is 0 Å². The number of amides is 1. The van der Waals surface area contributed by atoms with Crippen LogP contribution in [0.1, 0.15) is 15.9 Å². The number of hydrogen-bond acceptors (Lipinski definition) is 5. The van der Waals surface area contributed by atoms with Crippen molar-refractivity contribution in [1.29, 1.82) is 0 Å². The number of ether oxygens (including phenoxy) is 2. The molecule has 3 rings (SSSR count). The molecule has 144 valence electrons. The van der Waals surface area contributed by atoms with Crippen molar-refractivity contribution >= 4 is 23.2 Å². The number of halogens is 1. The first kappa shape index (κ1) is 19.5. The summed E-state index contributed by atoms with van der Waals surface area (Å²) in [4.78, 5) is 14.9. The molecule has 2 aromatic carbocycles. The number of nitrogens with two attached hydrogens (primary N) is 1. The molecule has 0 bridgehead atoms. The quantitative estimate of drug-likeness (QED) is 0.742. The molecule has 1 fully saturated rings. The average Bonchev–Trinajstić information content (AvgIpc) is 2.69. The van der Waals surface area contributed by atoms with Gasteiger partial charge in [-0.15, -0.1) is 0 Å². The van der Waals surface area contributed by atoms with Crippen LogP contribution in [0.15, 0.2) is 42.5 Å². The third-order valence-electron chi connectivity index (χ3n) is 4.53. The summed E-state index contributed by atoms with van der Waals surface area (Å²) in [5, 5.41) is 3.23. The summed E-state index contributed by atoms with van der Waals surface area (Å²) in [6.45, 7) is 3.56. The van der Waals surface area contributed by atoms with Crippen LogP contribution < -0.4 is 15.8 Å². The fraction of sp³-hybridized carbons (Fsp3) is 0.350. The van der Waals surface area contributed by atoms with Gasteiger partial charge in [0.05, 0.1) is 36.1 Å². The Morgan fingerprint density at radius 3 is 2.89 bits per heavy atom. The molecule has 27 heavy (non-hydrogen) atoms. The Kier molecular flexibility index (Phi) is 6.55. The second-order valence-corrected chi connectivity index (χ2v) is 6.90. The van der Waals surface area contributed by atoms with Crippen molar-refractivity contribution in [3.05, 3.63) is 58.6 Å². The van der Waals surface area contributed by atoms with Gasteiger partial charge < -0.3 is 20.5 Å². The average molecular weight is 390 g/mol. The van der Waals surface area contributed by atoms with Crippen molar-refractivity contribution in [3.63, 3.8) is 0 Å². The first-order chi connectivity index (χ1) is 13.1. The summed E-state index contributed by atoms with van der Waals surface area (Å²) in [6.07, 6.45) is -0.0679. The SMILES string of the molecule is COc1cc(N)c(Cl)cc1C(=O)NCC1CN(Cc2ccccc2)CCO1. The minimum atomic E-state index is -0.266. The van der Waals surface area contributed by atoms with Gasteiger partial charge in [-0.2, -0.15) is 0 Å². The lowest BCUT2D eigenvalue weighted by atomic mass is 10.1. The fourth-order valence-electron chi connectivity index (χ4n) is 3.11. The standard InChI is InChI=1S/C20H24ClN3O3/c1-26-19-10-18(22)17(21)9-16(19)20(25)23-11-15-13-24(7-8-27-15)12-14-5-3-2-4-6-14/h2-6,9-10,15H,7-8,11-13,22H2,1H3,(H,23,25). The maximum Gasteiger partial charge on any atom is 0.255 e. The monoisotopic (exact) mass is 389 g/mol. The number of benzene rings is 2. The number of morpholine rings is 1. The van der Waals surface area contributed by atoms with Gasteiger partial charge in [-0.05, 0) is 11.6 Å². The van der Waals surface area contributed by atoms with Crippen LogP contribution in [-0.4, -0.2) is 50.3 Å². The molecular formula is C20H24ClN3O3. The van der Waals surface area contributed by atoms with E-state index in [1.54, 1.807) is 6.07 Å².